The minimum Gasteiger partial charge on any atom is -0.496 e. The van der Waals surface area contributed by atoms with E-state index in [9.17, 15) is 4.39 Å². The lowest BCUT2D eigenvalue weighted by molar-refractivity contribution is 0.141. The minimum atomic E-state index is -0.238. The zero-order valence-electron chi connectivity index (χ0n) is 16.7. The predicted molar refractivity (Wildman–Crippen MR) is 109 cm³/mol. The Morgan fingerprint density at radius 1 is 1.04 bits per heavy atom. The number of pyridine rings is 1. The third-order valence-corrected chi connectivity index (χ3v) is 6.38. The molecule has 2 aromatic rings. The summed E-state index contributed by atoms with van der Waals surface area (Å²) < 4.78 is 18.8. The van der Waals surface area contributed by atoms with Gasteiger partial charge in [0.25, 0.3) is 0 Å². The standard InChI is InChI=1S/C23H30FN3O/c1-28-23-13-22(24)5-4-21(23)17-27-12-8-20(16-27)19-6-10-26(11-7-19)15-18-3-2-9-25-14-18/h2-5,9,13-14,19-20H,6-8,10-12,15-17H2,1H3. The molecule has 3 heterocycles. The molecule has 4 rings (SSSR count). The third-order valence-electron chi connectivity index (χ3n) is 6.38. The fourth-order valence-corrected chi connectivity index (χ4v) is 4.81. The molecule has 1 aromatic heterocycles. The van der Waals surface area contributed by atoms with Gasteiger partial charge in [0.1, 0.15) is 11.6 Å². The molecule has 0 radical (unpaired) electrons. The van der Waals surface area contributed by atoms with E-state index in [0.717, 1.165) is 43.6 Å². The smallest absolute Gasteiger partial charge is 0.126 e. The highest BCUT2D eigenvalue weighted by molar-refractivity contribution is 5.34. The average molecular weight is 384 g/mol. The molecular weight excluding hydrogens is 353 g/mol. The molecule has 150 valence electrons. The summed E-state index contributed by atoms with van der Waals surface area (Å²) >= 11 is 0. The van der Waals surface area contributed by atoms with Crippen molar-refractivity contribution < 1.29 is 9.13 Å². The van der Waals surface area contributed by atoms with Crippen molar-refractivity contribution in [1.29, 1.82) is 0 Å². The summed E-state index contributed by atoms with van der Waals surface area (Å²) in [4.78, 5) is 9.29. The van der Waals surface area contributed by atoms with E-state index in [-0.39, 0.29) is 5.82 Å². The molecule has 0 bridgehead atoms. The van der Waals surface area contributed by atoms with Crippen molar-refractivity contribution in [2.24, 2.45) is 11.8 Å². The number of nitrogens with zero attached hydrogens (tertiary/aromatic N) is 3. The Bertz CT molecular complexity index is 762. The number of ether oxygens (including phenoxy) is 1. The Morgan fingerprint density at radius 3 is 2.57 bits per heavy atom. The molecule has 0 saturated carbocycles. The molecule has 2 saturated heterocycles. The van der Waals surface area contributed by atoms with Crippen LogP contribution in [-0.2, 0) is 13.1 Å². The largest absolute Gasteiger partial charge is 0.496 e. The zero-order valence-corrected chi connectivity index (χ0v) is 16.7. The van der Waals surface area contributed by atoms with Crippen molar-refractivity contribution in [2.45, 2.75) is 32.4 Å². The van der Waals surface area contributed by atoms with Crippen LogP contribution in [0.3, 0.4) is 0 Å². The van der Waals surface area contributed by atoms with Crippen LogP contribution in [0.2, 0.25) is 0 Å². The highest BCUT2D eigenvalue weighted by atomic mass is 19.1. The first-order valence-electron chi connectivity index (χ1n) is 10.4. The zero-order chi connectivity index (χ0) is 19.3. The van der Waals surface area contributed by atoms with E-state index < -0.39 is 0 Å². The molecular formula is C23H30FN3O. The minimum absolute atomic E-state index is 0.238. The number of methoxy groups -OCH3 is 1. The highest BCUT2D eigenvalue weighted by Crippen LogP contribution is 2.33. The van der Waals surface area contributed by atoms with Crippen LogP contribution < -0.4 is 4.74 Å². The second kappa shape index (κ2) is 9.01. The molecule has 2 aliphatic rings. The number of hydrogen-bond acceptors (Lipinski definition) is 4. The number of benzene rings is 1. The summed E-state index contributed by atoms with van der Waals surface area (Å²) in [7, 11) is 1.62. The Balaban J connectivity index is 1.26. The Morgan fingerprint density at radius 2 is 1.82 bits per heavy atom. The van der Waals surface area contributed by atoms with Crippen molar-refractivity contribution in [3.05, 3.63) is 59.7 Å². The molecule has 0 spiro atoms. The highest BCUT2D eigenvalue weighted by Gasteiger charge is 2.32. The van der Waals surface area contributed by atoms with Crippen molar-refractivity contribution in [2.75, 3.05) is 33.3 Å². The van der Waals surface area contributed by atoms with E-state index in [1.54, 1.807) is 7.11 Å². The van der Waals surface area contributed by atoms with Crippen molar-refractivity contribution in [3.63, 3.8) is 0 Å². The molecule has 5 heteroatoms. The Labute approximate surface area is 167 Å². The first kappa shape index (κ1) is 19.3. The van der Waals surface area contributed by atoms with Gasteiger partial charge >= 0.3 is 0 Å². The molecule has 1 unspecified atom stereocenters. The maximum absolute atomic E-state index is 13.4. The van der Waals surface area contributed by atoms with Crippen LogP contribution in [0, 0.1) is 17.7 Å². The maximum atomic E-state index is 13.4. The van der Waals surface area contributed by atoms with Gasteiger partial charge in [0, 0.05) is 43.7 Å². The van der Waals surface area contributed by atoms with Gasteiger partial charge in [-0.05, 0) is 68.4 Å². The van der Waals surface area contributed by atoms with Gasteiger partial charge in [0.15, 0.2) is 0 Å². The van der Waals surface area contributed by atoms with Gasteiger partial charge in [-0.25, -0.2) is 4.39 Å². The summed E-state index contributed by atoms with van der Waals surface area (Å²) in [5.41, 5.74) is 2.39. The summed E-state index contributed by atoms with van der Waals surface area (Å²) in [6, 6.07) is 9.06. The lowest BCUT2D eigenvalue weighted by Gasteiger charge is -2.35. The van der Waals surface area contributed by atoms with Crippen LogP contribution in [0.25, 0.3) is 0 Å². The first-order chi connectivity index (χ1) is 13.7. The molecule has 0 amide bonds. The number of halogens is 1. The monoisotopic (exact) mass is 383 g/mol. The number of likely N-dealkylation sites (tertiary alicyclic amines) is 2. The Kier molecular flexibility index (Phi) is 6.23. The molecule has 0 aliphatic carbocycles. The van der Waals surface area contributed by atoms with Gasteiger partial charge in [-0.15, -0.1) is 0 Å². The van der Waals surface area contributed by atoms with Crippen LogP contribution in [0.1, 0.15) is 30.4 Å². The first-order valence-corrected chi connectivity index (χ1v) is 10.4. The van der Waals surface area contributed by atoms with E-state index in [1.807, 2.05) is 24.5 Å². The van der Waals surface area contributed by atoms with E-state index in [4.69, 9.17) is 4.74 Å². The maximum Gasteiger partial charge on any atom is 0.126 e. The number of hydrogen-bond donors (Lipinski definition) is 0. The topological polar surface area (TPSA) is 28.6 Å². The molecule has 2 aliphatic heterocycles. The van der Waals surface area contributed by atoms with E-state index in [0.29, 0.717) is 5.75 Å². The second-order valence-electron chi connectivity index (χ2n) is 8.21. The lowest BCUT2D eigenvalue weighted by Crippen LogP contribution is -2.36. The fourth-order valence-electron chi connectivity index (χ4n) is 4.81. The quantitative estimate of drug-likeness (QED) is 0.755. The SMILES string of the molecule is COc1cc(F)ccc1CN1CCC(C2CCN(Cc3cccnc3)CC2)C1. The van der Waals surface area contributed by atoms with Crippen LogP contribution in [0.4, 0.5) is 4.39 Å². The van der Waals surface area contributed by atoms with E-state index >= 15 is 0 Å². The van der Waals surface area contributed by atoms with Gasteiger partial charge in [0.2, 0.25) is 0 Å². The molecule has 0 N–H and O–H groups in total. The van der Waals surface area contributed by atoms with Crippen LogP contribution in [0.15, 0.2) is 42.7 Å². The van der Waals surface area contributed by atoms with Crippen molar-refractivity contribution in [1.82, 2.24) is 14.8 Å². The van der Waals surface area contributed by atoms with Crippen molar-refractivity contribution >= 4 is 0 Å². The van der Waals surface area contributed by atoms with Gasteiger partial charge in [0.05, 0.1) is 7.11 Å². The normalized spacial score (nSPS) is 21.9. The van der Waals surface area contributed by atoms with Crippen LogP contribution in [0.5, 0.6) is 5.75 Å². The average Bonchev–Trinajstić information content (AvgIpc) is 3.19. The molecule has 1 atom stereocenters. The number of aromatic nitrogens is 1. The summed E-state index contributed by atoms with van der Waals surface area (Å²) in [5.74, 6) is 2.03. The third kappa shape index (κ3) is 4.70. The van der Waals surface area contributed by atoms with Gasteiger partial charge in [-0.2, -0.15) is 0 Å². The number of rotatable bonds is 6. The van der Waals surface area contributed by atoms with Gasteiger partial charge in [-0.3, -0.25) is 14.8 Å². The van der Waals surface area contributed by atoms with Gasteiger partial charge in [-0.1, -0.05) is 12.1 Å². The fraction of sp³-hybridized carbons (Fsp3) is 0.522. The number of piperidine rings is 1. The van der Waals surface area contributed by atoms with Crippen molar-refractivity contribution in [3.8, 4) is 5.75 Å². The molecule has 1 aromatic carbocycles. The summed E-state index contributed by atoms with van der Waals surface area (Å²) in [6.45, 7) is 6.50. The summed E-state index contributed by atoms with van der Waals surface area (Å²) in [6.07, 6.45) is 7.67. The second-order valence-corrected chi connectivity index (χ2v) is 8.21. The summed E-state index contributed by atoms with van der Waals surface area (Å²) in [5, 5.41) is 0. The lowest BCUT2D eigenvalue weighted by atomic mass is 9.83. The molecule has 28 heavy (non-hydrogen) atoms. The predicted octanol–water partition coefficient (Wildman–Crippen LogP) is 3.96. The van der Waals surface area contributed by atoms with E-state index in [2.05, 4.69) is 20.9 Å². The molecule has 4 nitrogen and oxygen atoms in total. The molecule has 2 fully saturated rings. The van der Waals surface area contributed by atoms with Crippen LogP contribution in [-0.4, -0.2) is 48.1 Å². The van der Waals surface area contributed by atoms with E-state index in [1.165, 1.54) is 50.0 Å². The van der Waals surface area contributed by atoms with Crippen LogP contribution >= 0.6 is 0 Å². The van der Waals surface area contributed by atoms with Gasteiger partial charge < -0.3 is 4.74 Å². The Hall–Kier alpha value is -1.98.